The summed E-state index contributed by atoms with van der Waals surface area (Å²) in [7, 11) is 1.38. The van der Waals surface area contributed by atoms with Crippen LogP contribution in [0.15, 0.2) is 12.5 Å². The number of aromatic nitrogens is 2. The maximum Gasteiger partial charge on any atom is 0.323 e. The second kappa shape index (κ2) is 6.97. The largest absolute Gasteiger partial charge is 0.468 e. The van der Waals surface area contributed by atoms with Crippen LogP contribution in [-0.4, -0.2) is 42.2 Å². The Morgan fingerprint density at radius 1 is 1.75 bits per heavy atom. The van der Waals surface area contributed by atoms with Crippen molar-refractivity contribution in [2.75, 3.05) is 20.2 Å². The van der Waals surface area contributed by atoms with E-state index < -0.39 is 0 Å². The summed E-state index contributed by atoms with van der Waals surface area (Å²) in [6, 6.07) is -0.350. The highest BCUT2D eigenvalue weighted by Gasteiger charge is 2.19. The summed E-state index contributed by atoms with van der Waals surface area (Å²) in [5, 5.41) is 3.11. The molecule has 1 heterocycles. The van der Waals surface area contributed by atoms with Gasteiger partial charge in [-0.1, -0.05) is 0 Å². The number of hydrogen-bond acceptors (Lipinski definition) is 5. The third kappa shape index (κ3) is 4.00. The minimum atomic E-state index is -0.350. The van der Waals surface area contributed by atoms with Gasteiger partial charge in [0.15, 0.2) is 0 Å². The van der Waals surface area contributed by atoms with E-state index in [9.17, 15) is 4.79 Å². The van der Waals surface area contributed by atoms with E-state index in [1.54, 1.807) is 12.5 Å². The molecule has 1 atom stereocenters. The quantitative estimate of drug-likeness (QED) is 0.428. The number of carbonyl (C=O) groups excluding carboxylic acids is 1. The number of rotatable bonds is 7. The van der Waals surface area contributed by atoms with E-state index in [-0.39, 0.29) is 12.0 Å². The van der Waals surface area contributed by atoms with Crippen molar-refractivity contribution in [3.63, 3.8) is 0 Å². The van der Waals surface area contributed by atoms with Crippen molar-refractivity contribution in [3.05, 3.63) is 18.2 Å². The fourth-order valence-electron chi connectivity index (χ4n) is 1.38. The predicted molar refractivity (Wildman–Crippen MR) is 59.8 cm³/mol. The standard InChI is InChI=1S/C10H18N4O2/c1-16-10(15)9(13-4-2-3-11)5-8-6-12-7-14-8/h6-7,9,13H,2-5,11H2,1H3,(H,12,14). The first-order valence-electron chi connectivity index (χ1n) is 5.26. The van der Waals surface area contributed by atoms with Crippen LogP contribution in [0.2, 0.25) is 0 Å². The zero-order valence-electron chi connectivity index (χ0n) is 9.40. The number of nitrogens with zero attached hydrogens (tertiary/aromatic N) is 1. The minimum Gasteiger partial charge on any atom is -0.468 e. The average Bonchev–Trinajstić information content (AvgIpc) is 2.80. The molecule has 6 nitrogen and oxygen atoms in total. The number of imidazole rings is 1. The molecule has 1 unspecified atom stereocenters. The van der Waals surface area contributed by atoms with Gasteiger partial charge in [0.1, 0.15) is 6.04 Å². The van der Waals surface area contributed by atoms with Crippen molar-refractivity contribution < 1.29 is 9.53 Å². The molecule has 4 N–H and O–H groups in total. The molecule has 0 aliphatic carbocycles. The van der Waals surface area contributed by atoms with Crippen LogP contribution >= 0.6 is 0 Å². The zero-order valence-corrected chi connectivity index (χ0v) is 9.40. The maximum absolute atomic E-state index is 11.5. The van der Waals surface area contributed by atoms with E-state index in [2.05, 4.69) is 15.3 Å². The Labute approximate surface area is 94.6 Å². The molecular weight excluding hydrogens is 208 g/mol. The third-order valence-electron chi connectivity index (χ3n) is 2.24. The van der Waals surface area contributed by atoms with E-state index in [0.717, 1.165) is 12.1 Å². The van der Waals surface area contributed by atoms with Gasteiger partial charge in [0.2, 0.25) is 0 Å². The predicted octanol–water partition coefficient (Wildman–Crippen LogP) is -0.568. The summed E-state index contributed by atoms with van der Waals surface area (Å²) in [5.41, 5.74) is 6.29. The maximum atomic E-state index is 11.5. The molecule has 0 aliphatic rings. The molecule has 90 valence electrons. The molecule has 6 heteroatoms. The number of nitrogens with two attached hydrogens (primary N) is 1. The molecular formula is C10H18N4O2. The fourth-order valence-corrected chi connectivity index (χ4v) is 1.38. The molecule has 1 aromatic heterocycles. The van der Waals surface area contributed by atoms with Crippen molar-refractivity contribution in [2.45, 2.75) is 18.9 Å². The number of H-pyrrole nitrogens is 1. The highest BCUT2D eigenvalue weighted by Crippen LogP contribution is 2.00. The highest BCUT2D eigenvalue weighted by molar-refractivity contribution is 5.75. The van der Waals surface area contributed by atoms with Crippen LogP contribution in [0.25, 0.3) is 0 Å². The summed E-state index contributed by atoms with van der Waals surface area (Å²) in [4.78, 5) is 18.3. The van der Waals surface area contributed by atoms with E-state index in [4.69, 9.17) is 10.5 Å². The van der Waals surface area contributed by atoms with E-state index in [1.807, 2.05) is 0 Å². The second-order valence-corrected chi connectivity index (χ2v) is 3.45. The van der Waals surface area contributed by atoms with Crippen LogP contribution in [0.1, 0.15) is 12.1 Å². The van der Waals surface area contributed by atoms with Gasteiger partial charge in [0.25, 0.3) is 0 Å². The van der Waals surface area contributed by atoms with Gasteiger partial charge < -0.3 is 20.8 Å². The number of nitrogens with one attached hydrogen (secondary N) is 2. The third-order valence-corrected chi connectivity index (χ3v) is 2.24. The summed E-state index contributed by atoms with van der Waals surface area (Å²) < 4.78 is 4.72. The molecule has 0 spiro atoms. The Kier molecular flexibility index (Phi) is 5.52. The van der Waals surface area contributed by atoms with Crippen LogP contribution in [0, 0.1) is 0 Å². The Bertz CT molecular complexity index is 300. The average molecular weight is 226 g/mol. The van der Waals surface area contributed by atoms with E-state index in [1.165, 1.54) is 7.11 Å². The van der Waals surface area contributed by atoms with Crippen molar-refractivity contribution in [3.8, 4) is 0 Å². The lowest BCUT2D eigenvalue weighted by atomic mass is 10.1. The molecule has 0 bridgehead atoms. The number of aromatic amines is 1. The summed E-state index contributed by atoms with van der Waals surface area (Å²) in [5.74, 6) is -0.272. The molecule has 0 aliphatic heterocycles. The van der Waals surface area contributed by atoms with E-state index in [0.29, 0.717) is 19.5 Å². The van der Waals surface area contributed by atoms with Gasteiger partial charge in [0.05, 0.1) is 13.4 Å². The molecule has 0 amide bonds. The zero-order chi connectivity index (χ0) is 11.8. The first kappa shape index (κ1) is 12.7. The normalized spacial score (nSPS) is 12.4. The van der Waals surface area contributed by atoms with Gasteiger partial charge in [-0.3, -0.25) is 4.79 Å². The Hall–Kier alpha value is -1.40. The molecule has 0 fully saturated rings. The topological polar surface area (TPSA) is 93.0 Å². The first-order chi connectivity index (χ1) is 7.77. The monoisotopic (exact) mass is 226 g/mol. The summed E-state index contributed by atoms with van der Waals surface area (Å²) >= 11 is 0. The number of carbonyl (C=O) groups is 1. The number of methoxy groups -OCH3 is 1. The SMILES string of the molecule is COC(=O)C(Cc1cnc[nH]1)NCCCN. The molecule has 16 heavy (non-hydrogen) atoms. The smallest absolute Gasteiger partial charge is 0.323 e. The molecule has 0 radical (unpaired) electrons. The fraction of sp³-hybridized carbons (Fsp3) is 0.600. The van der Waals surface area contributed by atoms with Gasteiger partial charge in [-0.15, -0.1) is 0 Å². The van der Waals surface area contributed by atoms with E-state index >= 15 is 0 Å². The molecule has 0 aromatic carbocycles. The Morgan fingerprint density at radius 2 is 2.56 bits per heavy atom. The molecule has 1 aromatic rings. The van der Waals surface area contributed by atoms with Crippen molar-refractivity contribution in [1.82, 2.24) is 15.3 Å². The highest BCUT2D eigenvalue weighted by atomic mass is 16.5. The van der Waals surface area contributed by atoms with Crippen LogP contribution in [0.5, 0.6) is 0 Å². The lowest BCUT2D eigenvalue weighted by Gasteiger charge is -2.15. The van der Waals surface area contributed by atoms with Gasteiger partial charge >= 0.3 is 5.97 Å². The van der Waals surface area contributed by atoms with Crippen LogP contribution in [0.4, 0.5) is 0 Å². The summed E-state index contributed by atoms with van der Waals surface area (Å²) in [6.45, 7) is 1.30. The lowest BCUT2D eigenvalue weighted by Crippen LogP contribution is -2.40. The van der Waals surface area contributed by atoms with Gasteiger partial charge in [-0.05, 0) is 19.5 Å². The van der Waals surface area contributed by atoms with Crippen molar-refractivity contribution in [2.24, 2.45) is 5.73 Å². The van der Waals surface area contributed by atoms with Gasteiger partial charge in [-0.25, -0.2) is 4.98 Å². The van der Waals surface area contributed by atoms with Crippen molar-refractivity contribution >= 4 is 5.97 Å². The molecule has 0 saturated heterocycles. The van der Waals surface area contributed by atoms with Crippen LogP contribution in [0.3, 0.4) is 0 Å². The van der Waals surface area contributed by atoms with Crippen LogP contribution < -0.4 is 11.1 Å². The van der Waals surface area contributed by atoms with Crippen LogP contribution in [-0.2, 0) is 16.0 Å². The molecule has 1 rings (SSSR count). The Balaban J connectivity index is 2.47. The lowest BCUT2D eigenvalue weighted by molar-refractivity contribution is -0.143. The van der Waals surface area contributed by atoms with Gasteiger partial charge in [0, 0.05) is 18.3 Å². The first-order valence-corrected chi connectivity index (χ1v) is 5.26. The minimum absolute atomic E-state index is 0.272. The number of hydrogen-bond donors (Lipinski definition) is 3. The summed E-state index contributed by atoms with van der Waals surface area (Å²) in [6.07, 6.45) is 4.65. The van der Waals surface area contributed by atoms with Crippen molar-refractivity contribution in [1.29, 1.82) is 0 Å². The number of ether oxygens (including phenoxy) is 1. The number of esters is 1. The second-order valence-electron chi connectivity index (χ2n) is 3.45. The van der Waals surface area contributed by atoms with Gasteiger partial charge in [-0.2, -0.15) is 0 Å². The Morgan fingerprint density at radius 3 is 3.12 bits per heavy atom. The molecule has 0 saturated carbocycles.